The average molecular weight is 614 g/mol. The minimum absolute atomic E-state index is 0.0581. The molecule has 0 saturated heterocycles. The highest BCUT2D eigenvalue weighted by Crippen LogP contribution is 2.50. The number of oxime groups is 1. The monoisotopic (exact) mass is 612 g/mol. The maximum Gasteiger partial charge on any atom is 0.435 e. The third kappa shape index (κ3) is 6.30. The summed E-state index contributed by atoms with van der Waals surface area (Å²) in [6.45, 7) is 1.30. The molecule has 1 aliphatic rings. The summed E-state index contributed by atoms with van der Waals surface area (Å²) in [6.07, 6.45) is -10.1. The van der Waals surface area contributed by atoms with Crippen LogP contribution in [0.25, 0.3) is 0 Å². The first-order valence-electron chi connectivity index (χ1n) is 9.80. The van der Waals surface area contributed by atoms with Crippen LogP contribution in [-0.4, -0.2) is 35.0 Å². The van der Waals surface area contributed by atoms with Crippen LogP contribution in [0.2, 0.25) is 20.1 Å². The second kappa shape index (κ2) is 10.7. The van der Waals surface area contributed by atoms with E-state index in [9.17, 15) is 31.1 Å². The number of anilines is 1. The summed E-state index contributed by atoms with van der Waals surface area (Å²) >= 11 is 24.3. The van der Waals surface area contributed by atoms with Crippen molar-refractivity contribution >= 4 is 75.5 Å². The van der Waals surface area contributed by atoms with E-state index in [1.54, 1.807) is 0 Å². The predicted molar refractivity (Wildman–Crippen MR) is 130 cm³/mol. The van der Waals surface area contributed by atoms with Crippen molar-refractivity contribution in [2.45, 2.75) is 36.5 Å². The van der Waals surface area contributed by atoms with Gasteiger partial charge in [-0.15, -0.1) is 11.8 Å². The summed E-state index contributed by atoms with van der Waals surface area (Å²) in [6, 6.07) is 5.87. The van der Waals surface area contributed by atoms with Crippen LogP contribution >= 0.6 is 58.2 Å². The largest absolute Gasteiger partial charge is 0.435 e. The molecule has 0 aromatic heterocycles. The van der Waals surface area contributed by atoms with Gasteiger partial charge in [0.25, 0.3) is 5.60 Å². The van der Waals surface area contributed by atoms with E-state index in [1.165, 1.54) is 25.1 Å². The first-order valence-corrected chi connectivity index (χ1v) is 12.4. The zero-order valence-corrected chi connectivity index (χ0v) is 21.7. The van der Waals surface area contributed by atoms with Crippen molar-refractivity contribution in [3.05, 3.63) is 61.5 Å². The quantitative estimate of drug-likeness (QED) is 0.262. The Labute approximate surface area is 225 Å². The molecule has 0 radical (unpaired) electrons. The molecule has 1 aliphatic heterocycles. The number of nitrogens with one attached hydrogen (secondary N) is 1. The second-order valence-corrected chi connectivity index (χ2v) is 10.6. The van der Waals surface area contributed by atoms with Gasteiger partial charge in [-0.05, 0) is 31.2 Å². The van der Waals surface area contributed by atoms with Gasteiger partial charge in [-0.3, -0.25) is 4.79 Å². The van der Waals surface area contributed by atoms with Gasteiger partial charge in [-0.2, -0.15) is 26.3 Å². The van der Waals surface area contributed by atoms with Gasteiger partial charge in [0.2, 0.25) is 5.91 Å². The first kappa shape index (κ1) is 29.0. The maximum absolute atomic E-state index is 14.2. The number of carbonyl (C=O) groups is 1. The van der Waals surface area contributed by atoms with Crippen LogP contribution in [-0.2, 0) is 15.2 Å². The van der Waals surface area contributed by atoms with E-state index in [1.807, 2.05) is 0 Å². The lowest BCUT2D eigenvalue weighted by Gasteiger charge is -2.30. The van der Waals surface area contributed by atoms with Crippen molar-refractivity contribution in [1.82, 2.24) is 0 Å². The molecule has 1 amide bonds. The van der Waals surface area contributed by atoms with Crippen LogP contribution in [0.5, 0.6) is 0 Å². The molecule has 0 saturated carbocycles. The Morgan fingerprint density at radius 1 is 1.08 bits per heavy atom. The highest BCUT2D eigenvalue weighted by molar-refractivity contribution is 8.00. The number of benzene rings is 2. The molecule has 4 nitrogen and oxygen atoms in total. The molecule has 3 rings (SSSR count). The minimum Gasteiger partial charge on any atom is -0.374 e. The van der Waals surface area contributed by atoms with Crippen molar-refractivity contribution in [1.29, 1.82) is 0 Å². The molecule has 196 valence electrons. The number of carbonyl (C=O) groups excluding carboxylic acids is 1. The number of thioether (sulfide) groups is 1. The lowest BCUT2D eigenvalue weighted by molar-refractivity contribution is -0.275. The highest BCUT2D eigenvalue weighted by Gasteiger charge is 2.62. The van der Waals surface area contributed by atoms with Crippen LogP contribution in [0.3, 0.4) is 0 Å². The lowest BCUT2D eigenvalue weighted by Crippen LogP contribution is -2.42. The van der Waals surface area contributed by atoms with E-state index in [0.717, 1.165) is 12.1 Å². The fourth-order valence-corrected chi connectivity index (χ4v) is 4.65. The molecule has 0 spiro atoms. The van der Waals surface area contributed by atoms with Gasteiger partial charge in [0.1, 0.15) is 0 Å². The Kier molecular flexibility index (Phi) is 8.62. The summed E-state index contributed by atoms with van der Waals surface area (Å²) in [5, 5.41) is 4.37. The number of amides is 1. The number of rotatable bonds is 6. The van der Waals surface area contributed by atoms with E-state index in [-0.39, 0.29) is 37.1 Å². The number of nitrogens with zero attached hydrogens (tertiary/aromatic N) is 1. The first-order chi connectivity index (χ1) is 16.5. The summed E-state index contributed by atoms with van der Waals surface area (Å²) < 4.78 is 79.7. The number of halogens is 10. The van der Waals surface area contributed by atoms with E-state index in [4.69, 9.17) is 51.2 Å². The van der Waals surface area contributed by atoms with Gasteiger partial charge in [0.05, 0.1) is 42.5 Å². The van der Waals surface area contributed by atoms with Gasteiger partial charge in [-0.25, -0.2) is 0 Å². The maximum atomic E-state index is 14.2. The van der Waals surface area contributed by atoms with Gasteiger partial charge in [0.15, 0.2) is 0 Å². The fourth-order valence-electron chi connectivity index (χ4n) is 3.17. The van der Waals surface area contributed by atoms with Crippen molar-refractivity contribution in [3.8, 4) is 0 Å². The molecular weight excluding hydrogens is 600 g/mol. The number of alkyl halides is 6. The van der Waals surface area contributed by atoms with Crippen molar-refractivity contribution in [2.24, 2.45) is 5.16 Å². The zero-order valence-electron chi connectivity index (χ0n) is 17.8. The molecule has 2 unspecified atom stereocenters. The van der Waals surface area contributed by atoms with Gasteiger partial charge in [-0.1, -0.05) is 57.6 Å². The summed E-state index contributed by atoms with van der Waals surface area (Å²) in [4.78, 5) is 17.1. The van der Waals surface area contributed by atoms with Crippen molar-refractivity contribution < 1.29 is 36.0 Å². The highest BCUT2D eigenvalue weighted by atomic mass is 35.5. The van der Waals surface area contributed by atoms with Crippen LogP contribution < -0.4 is 5.32 Å². The number of hydrogen-bond acceptors (Lipinski definition) is 4. The van der Waals surface area contributed by atoms with Gasteiger partial charge >= 0.3 is 12.4 Å². The van der Waals surface area contributed by atoms with E-state index >= 15 is 0 Å². The van der Waals surface area contributed by atoms with E-state index < -0.39 is 46.8 Å². The van der Waals surface area contributed by atoms with Crippen molar-refractivity contribution in [2.75, 3.05) is 11.1 Å². The fraction of sp³-hybridized carbons (Fsp3) is 0.333. The summed E-state index contributed by atoms with van der Waals surface area (Å²) in [5.41, 5.74) is -3.19. The molecule has 15 heteroatoms. The van der Waals surface area contributed by atoms with Crippen LogP contribution in [0.15, 0.2) is 35.5 Å². The Hall–Kier alpha value is -1.53. The Morgan fingerprint density at radius 3 is 2.22 bits per heavy atom. The summed E-state index contributed by atoms with van der Waals surface area (Å²) in [7, 11) is 0. The standard InChI is InChI=1S/C21H14Cl4F6N2O2S/c1-9(36-8-20(26,27)28)18(34)32-15-3-2-10(4-12(15)22)16-7-19(35-33-16,21(29,30)31)11-5-13(23)17(25)14(24)6-11/h2-6,9H,7-8H2,1H3,(H,32,34). The minimum atomic E-state index is -4.93. The normalized spacial score (nSPS) is 19.0. The molecule has 2 atom stereocenters. The molecular formula is C21H14Cl4F6N2O2S. The van der Waals surface area contributed by atoms with Crippen molar-refractivity contribution in [3.63, 3.8) is 0 Å². The lowest BCUT2D eigenvalue weighted by atomic mass is 9.86. The van der Waals surface area contributed by atoms with Gasteiger partial charge in [0, 0.05) is 17.5 Å². The van der Waals surface area contributed by atoms with Gasteiger partial charge < -0.3 is 10.2 Å². The molecule has 2 aromatic rings. The zero-order chi connectivity index (χ0) is 27.1. The topological polar surface area (TPSA) is 50.7 Å². The van der Waals surface area contributed by atoms with Crippen LogP contribution in [0.1, 0.15) is 24.5 Å². The molecule has 36 heavy (non-hydrogen) atoms. The number of hydrogen-bond donors (Lipinski definition) is 1. The molecule has 0 bridgehead atoms. The van der Waals surface area contributed by atoms with Crippen LogP contribution in [0.4, 0.5) is 32.0 Å². The SMILES string of the molecule is CC(SCC(F)(F)F)C(=O)Nc1ccc(C2=NOC(c3cc(Cl)c(Cl)c(Cl)c3)(C(F)(F)F)C2)cc1Cl. The predicted octanol–water partition coefficient (Wildman–Crippen LogP) is 8.50. The second-order valence-electron chi connectivity index (χ2n) is 7.64. The molecule has 1 N–H and O–H groups in total. The van der Waals surface area contributed by atoms with Crippen LogP contribution in [0, 0.1) is 0 Å². The third-order valence-corrected chi connectivity index (χ3v) is 7.78. The molecule has 0 aliphatic carbocycles. The average Bonchev–Trinajstić information content (AvgIpc) is 3.23. The third-order valence-electron chi connectivity index (χ3n) is 5.06. The smallest absolute Gasteiger partial charge is 0.374 e. The summed E-state index contributed by atoms with van der Waals surface area (Å²) in [5.74, 6) is -1.94. The molecule has 2 aromatic carbocycles. The molecule has 0 fully saturated rings. The van der Waals surface area contributed by atoms with E-state index in [2.05, 4.69) is 10.5 Å². The molecule has 1 heterocycles. The Balaban J connectivity index is 1.81. The Bertz CT molecular complexity index is 1180. The van der Waals surface area contributed by atoms with E-state index in [0.29, 0.717) is 11.8 Å². The Morgan fingerprint density at radius 2 is 1.69 bits per heavy atom.